The third-order valence-electron chi connectivity index (χ3n) is 4.17. The smallest absolute Gasteiger partial charge is 0.228 e. The van der Waals surface area contributed by atoms with Crippen molar-refractivity contribution in [1.82, 2.24) is 20.0 Å². The fourth-order valence-electron chi connectivity index (χ4n) is 2.88. The standard InChI is InChI=1S/C14H26N4O2.2ClH/c1-11-9-15-4-5-18(11)14(20)12-8-13(19)17(10-12)7-6-16(2)3;;/h11-12,15H,4-10H2,1-3H3;2*1H/t11-,12?;;/m0../s1. The Morgan fingerprint density at radius 1 is 1.36 bits per heavy atom. The highest BCUT2D eigenvalue weighted by Gasteiger charge is 2.37. The molecule has 0 aromatic heterocycles. The molecule has 2 fully saturated rings. The molecule has 0 saturated carbocycles. The van der Waals surface area contributed by atoms with Crippen LogP contribution in [-0.2, 0) is 9.59 Å². The van der Waals surface area contributed by atoms with Gasteiger partial charge in [-0.25, -0.2) is 0 Å². The molecule has 2 aliphatic rings. The quantitative estimate of drug-likeness (QED) is 0.775. The van der Waals surface area contributed by atoms with Crippen LogP contribution in [0.1, 0.15) is 13.3 Å². The minimum Gasteiger partial charge on any atom is -0.341 e. The fourth-order valence-corrected chi connectivity index (χ4v) is 2.88. The summed E-state index contributed by atoms with van der Waals surface area (Å²) < 4.78 is 0. The van der Waals surface area contributed by atoms with Crippen molar-refractivity contribution in [2.75, 3.05) is 53.4 Å². The Labute approximate surface area is 145 Å². The topological polar surface area (TPSA) is 55.9 Å². The second-order valence-electron chi connectivity index (χ2n) is 6.13. The predicted octanol–water partition coefficient (Wildman–Crippen LogP) is 0.0604. The van der Waals surface area contributed by atoms with E-state index in [1.165, 1.54) is 0 Å². The lowest BCUT2D eigenvalue weighted by Gasteiger charge is -2.35. The first kappa shape index (κ1) is 21.4. The molecule has 6 nitrogen and oxygen atoms in total. The molecule has 0 bridgehead atoms. The van der Waals surface area contributed by atoms with Crippen LogP contribution in [-0.4, -0.2) is 85.9 Å². The molecule has 22 heavy (non-hydrogen) atoms. The van der Waals surface area contributed by atoms with Crippen LogP contribution >= 0.6 is 24.8 Å². The van der Waals surface area contributed by atoms with Gasteiger partial charge in [0.25, 0.3) is 0 Å². The van der Waals surface area contributed by atoms with Gasteiger partial charge in [0.2, 0.25) is 11.8 Å². The molecule has 0 aromatic carbocycles. The highest BCUT2D eigenvalue weighted by molar-refractivity contribution is 5.89. The van der Waals surface area contributed by atoms with Crippen molar-refractivity contribution in [2.45, 2.75) is 19.4 Å². The van der Waals surface area contributed by atoms with Crippen LogP contribution in [0.15, 0.2) is 0 Å². The number of piperazine rings is 1. The number of nitrogens with one attached hydrogen (secondary N) is 1. The van der Waals surface area contributed by atoms with E-state index in [0.717, 1.165) is 26.2 Å². The first-order valence-corrected chi connectivity index (χ1v) is 7.42. The Hall–Kier alpha value is -0.560. The molecular weight excluding hydrogens is 327 g/mol. The number of carbonyl (C=O) groups excluding carboxylic acids is 2. The van der Waals surface area contributed by atoms with Crippen LogP contribution in [0.4, 0.5) is 0 Å². The van der Waals surface area contributed by atoms with Gasteiger partial charge in [0.1, 0.15) is 0 Å². The molecule has 2 amide bonds. The van der Waals surface area contributed by atoms with E-state index in [9.17, 15) is 9.59 Å². The molecule has 1 unspecified atom stereocenters. The largest absolute Gasteiger partial charge is 0.341 e. The monoisotopic (exact) mass is 354 g/mol. The Morgan fingerprint density at radius 3 is 2.64 bits per heavy atom. The van der Waals surface area contributed by atoms with Crippen molar-refractivity contribution in [1.29, 1.82) is 0 Å². The average molecular weight is 355 g/mol. The molecule has 2 saturated heterocycles. The van der Waals surface area contributed by atoms with E-state index >= 15 is 0 Å². The van der Waals surface area contributed by atoms with Crippen LogP contribution in [0.3, 0.4) is 0 Å². The molecule has 0 aliphatic carbocycles. The first-order valence-electron chi connectivity index (χ1n) is 7.42. The van der Waals surface area contributed by atoms with Crippen molar-refractivity contribution < 1.29 is 9.59 Å². The summed E-state index contributed by atoms with van der Waals surface area (Å²) in [5, 5.41) is 3.28. The van der Waals surface area contributed by atoms with Gasteiger partial charge >= 0.3 is 0 Å². The van der Waals surface area contributed by atoms with Crippen molar-refractivity contribution in [3.05, 3.63) is 0 Å². The van der Waals surface area contributed by atoms with Crippen molar-refractivity contribution in [2.24, 2.45) is 5.92 Å². The van der Waals surface area contributed by atoms with Gasteiger partial charge < -0.3 is 20.0 Å². The molecule has 130 valence electrons. The first-order chi connectivity index (χ1) is 9.49. The SMILES string of the molecule is C[C@H]1CNCCN1C(=O)C1CC(=O)N(CCN(C)C)C1.Cl.Cl. The molecule has 0 radical (unpaired) electrons. The summed E-state index contributed by atoms with van der Waals surface area (Å²) in [6.07, 6.45) is 0.378. The number of carbonyl (C=O) groups is 2. The van der Waals surface area contributed by atoms with Crippen LogP contribution in [0.5, 0.6) is 0 Å². The molecule has 0 spiro atoms. The third kappa shape index (κ3) is 5.26. The molecule has 0 aromatic rings. The third-order valence-corrected chi connectivity index (χ3v) is 4.17. The zero-order chi connectivity index (χ0) is 14.7. The average Bonchev–Trinajstić information content (AvgIpc) is 2.77. The van der Waals surface area contributed by atoms with Gasteiger partial charge in [0, 0.05) is 51.7 Å². The summed E-state index contributed by atoms with van der Waals surface area (Å²) in [6.45, 7) is 6.65. The van der Waals surface area contributed by atoms with E-state index < -0.39 is 0 Å². The number of rotatable bonds is 4. The lowest BCUT2D eigenvalue weighted by molar-refractivity contribution is -0.138. The van der Waals surface area contributed by atoms with Gasteiger partial charge in [0.15, 0.2) is 0 Å². The molecule has 2 heterocycles. The van der Waals surface area contributed by atoms with Crippen LogP contribution in [0.25, 0.3) is 0 Å². The Balaban J connectivity index is 0.00000220. The van der Waals surface area contributed by atoms with Crippen LogP contribution < -0.4 is 5.32 Å². The number of nitrogens with zero attached hydrogens (tertiary/aromatic N) is 3. The van der Waals surface area contributed by atoms with Gasteiger partial charge in [-0.3, -0.25) is 9.59 Å². The maximum Gasteiger partial charge on any atom is 0.228 e. The summed E-state index contributed by atoms with van der Waals surface area (Å²) in [4.78, 5) is 30.4. The van der Waals surface area contributed by atoms with E-state index in [1.807, 2.05) is 23.9 Å². The molecule has 8 heteroatoms. The molecular formula is C14H28Cl2N4O2. The van der Waals surface area contributed by atoms with E-state index in [2.05, 4.69) is 17.1 Å². The second-order valence-corrected chi connectivity index (χ2v) is 6.13. The summed E-state index contributed by atoms with van der Waals surface area (Å²) in [5.74, 6) is 0.123. The molecule has 2 atom stereocenters. The fraction of sp³-hybridized carbons (Fsp3) is 0.857. The Kier molecular flexibility index (Phi) is 9.31. The predicted molar refractivity (Wildman–Crippen MR) is 91.8 cm³/mol. The van der Waals surface area contributed by atoms with Crippen LogP contribution in [0.2, 0.25) is 0 Å². The molecule has 1 N–H and O–H groups in total. The number of halogens is 2. The van der Waals surface area contributed by atoms with Crippen LogP contribution in [0, 0.1) is 5.92 Å². The number of amides is 2. The van der Waals surface area contributed by atoms with Gasteiger partial charge in [-0.2, -0.15) is 0 Å². The highest BCUT2D eigenvalue weighted by atomic mass is 35.5. The molecule has 2 rings (SSSR count). The van der Waals surface area contributed by atoms with E-state index in [4.69, 9.17) is 0 Å². The van der Waals surface area contributed by atoms with E-state index in [0.29, 0.717) is 19.5 Å². The summed E-state index contributed by atoms with van der Waals surface area (Å²) in [6, 6.07) is 0.224. The number of hydrogen-bond acceptors (Lipinski definition) is 4. The minimum atomic E-state index is -0.148. The van der Waals surface area contributed by atoms with E-state index in [1.54, 1.807) is 0 Å². The Bertz CT molecular complexity index is 382. The normalized spacial score (nSPS) is 25.0. The lowest BCUT2D eigenvalue weighted by atomic mass is 10.1. The summed E-state index contributed by atoms with van der Waals surface area (Å²) in [5.41, 5.74) is 0. The van der Waals surface area contributed by atoms with Gasteiger partial charge in [-0.1, -0.05) is 0 Å². The summed E-state index contributed by atoms with van der Waals surface area (Å²) >= 11 is 0. The number of hydrogen-bond donors (Lipinski definition) is 1. The number of likely N-dealkylation sites (tertiary alicyclic amines) is 1. The van der Waals surface area contributed by atoms with Crippen molar-refractivity contribution in [3.8, 4) is 0 Å². The minimum absolute atomic E-state index is 0. The highest BCUT2D eigenvalue weighted by Crippen LogP contribution is 2.21. The summed E-state index contributed by atoms with van der Waals surface area (Å²) in [7, 11) is 3.98. The maximum absolute atomic E-state index is 12.5. The van der Waals surface area contributed by atoms with Gasteiger partial charge in [-0.15, -0.1) is 24.8 Å². The van der Waals surface area contributed by atoms with Gasteiger partial charge in [-0.05, 0) is 21.0 Å². The van der Waals surface area contributed by atoms with E-state index in [-0.39, 0.29) is 48.6 Å². The maximum atomic E-state index is 12.5. The lowest BCUT2D eigenvalue weighted by Crippen LogP contribution is -2.54. The Morgan fingerprint density at radius 2 is 2.05 bits per heavy atom. The van der Waals surface area contributed by atoms with Gasteiger partial charge in [0.05, 0.1) is 5.92 Å². The number of likely N-dealkylation sites (N-methyl/N-ethyl adjacent to an activating group) is 1. The zero-order valence-corrected chi connectivity index (χ0v) is 15.2. The second kappa shape index (κ2) is 9.55. The zero-order valence-electron chi connectivity index (χ0n) is 13.6. The van der Waals surface area contributed by atoms with Crippen molar-refractivity contribution in [3.63, 3.8) is 0 Å². The van der Waals surface area contributed by atoms with Crippen molar-refractivity contribution >= 4 is 36.6 Å². The molecule has 2 aliphatic heterocycles.